The maximum Gasteiger partial charge on any atom is 0.306 e. The fraction of sp³-hybridized carbons (Fsp3) is 0.727. The second-order valence-electron chi connectivity index (χ2n) is 21.7. The van der Waals surface area contributed by atoms with Crippen molar-refractivity contribution in [3.05, 3.63) is 97.2 Å². The van der Waals surface area contributed by atoms with E-state index < -0.39 is 32.5 Å². The first-order valence-corrected chi connectivity index (χ1v) is 32.4. The number of hydrogen-bond acceptors (Lipinski definition) is 8. The van der Waals surface area contributed by atoms with E-state index in [4.69, 9.17) is 18.5 Å². The number of phosphoric ester groups is 1. The Hall–Kier alpha value is -3.07. The number of ether oxygens (including phenoxy) is 2. The van der Waals surface area contributed by atoms with Crippen LogP contribution in [0.5, 0.6) is 0 Å². The number of likely N-dealkylation sites (N-methyl/N-ethyl adjacent to an activating group) is 1. The molecule has 0 radical (unpaired) electrons. The van der Waals surface area contributed by atoms with Gasteiger partial charge in [0.1, 0.15) is 19.8 Å². The van der Waals surface area contributed by atoms with Crippen molar-refractivity contribution in [1.29, 1.82) is 0 Å². The molecule has 2 unspecified atom stereocenters. The lowest BCUT2D eigenvalue weighted by molar-refractivity contribution is -0.870. The van der Waals surface area contributed by atoms with Gasteiger partial charge in [0.2, 0.25) is 0 Å². The van der Waals surface area contributed by atoms with Crippen molar-refractivity contribution < 1.29 is 42.1 Å². The van der Waals surface area contributed by atoms with E-state index in [0.29, 0.717) is 17.4 Å². The minimum atomic E-state index is -4.65. The van der Waals surface area contributed by atoms with Gasteiger partial charge in [0.05, 0.1) is 27.7 Å². The van der Waals surface area contributed by atoms with Crippen LogP contribution in [0.4, 0.5) is 0 Å². The van der Waals surface area contributed by atoms with Crippen LogP contribution in [0, 0.1) is 0 Å². The number of esters is 2. The Bertz CT molecular complexity index is 1600. The van der Waals surface area contributed by atoms with Gasteiger partial charge in [-0.15, -0.1) is 0 Å². The number of rotatable bonds is 56. The third-order valence-electron chi connectivity index (χ3n) is 13.1. The second-order valence-corrected chi connectivity index (χ2v) is 23.1. The smallest absolute Gasteiger partial charge is 0.306 e. The zero-order chi connectivity index (χ0) is 55.6. The molecule has 9 nitrogen and oxygen atoms in total. The summed E-state index contributed by atoms with van der Waals surface area (Å²) >= 11 is 0. The molecule has 0 heterocycles. The fourth-order valence-electron chi connectivity index (χ4n) is 8.34. The third-order valence-corrected chi connectivity index (χ3v) is 14.1. The topological polar surface area (TPSA) is 111 Å². The molecule has 0 aromatic rings. The minimum absolute atomic E-state index is 0.0419. The van der Waals surface area contributed by atoms with Gasteiger partial charge in [0.25, 0.3) is 7.82 Å². The molecule has 0 aliphatic rings. The van der Waals surface area contributed by atoms with Gasteiger partial charge in [0.15, 0.2) is 6.10 Å². The molecule has 0 aliphatic carbocycles. The van der Waals surface area contributed by atoms with Crippen molar-refractivity contribution in [3.8, 4) is 0 Å². The number of nitrogens with zero attached hydrogens (tertiary/aromatic N) is 1. The van der Waals surface area contributed by atoms with Crippen molar-refractivity contribution >= 4 is 19.8 Å². The van der Waals surface area contributed by atoms with Crippen LogP contribution in [-0.4, -0.2) is 70.0 Å². The molecule has 0 fully saturated rings. The van der Waals surface area contributed by atoms with Gasteiger partial charge >= 0.3 is 11.9 Å². The van der Waals surface area contributed by atoms with Gasteiger partial charge in [0, 0.05) is 12.8 Å². The van der Waals surface area contributed by atoms with E-state index in [1.165, 1.54) is 141 Å². The molecule has 0 aliphatic heterocycles. The Kier molecular flexibility index (Phi) is 54.4. The fourth-order valence-corrected chi connectivity index (χ4v) is 9.07. The van der Waals surface area contributed by atoms with Crippen LogP contribution in [0.1, 0.15) is 258 Å². The van der Waals surface area contributed by atoms with Crippen LogP contribution in [0.15, 0.2) is 97.2 Å². The minimum Gasteiger partial charge on any atom is -0.756 e. The highest BCUT2D eigenvalue weighted by Crippen LogP contribution is 2.38. The standard InChI is InChI=1S/C66H116NO8P/c1-6-8-10-12-14-16-18-20-22-24-26-28-30-32-33-35-36-38-40-42-44-46-48-50-52-54-56-58-65(68)72-62-64(63-74-76(70,71)73-61-60-67(3,4)5)75-66(69)59-57-55-53-51-49-47-45-43-41-39-37-34-31-29-27-25-23-21-19-17-15-13-11-9-7-2/h9,11,15,17,21,23-24,26-27,29,34,37,41,43,47,49,64H,6-8,10,12-14,16,18-20,22,25,28,30-33,35-36,38-40,42,44-46,48,50-63H2,1-5H3/b11-9-,17-15-,23-21-,26-24-,29-27-,37-34-,43-41-,49-47-. The highest BCUT2D eigenvalue weighted by atomic mass is 31.2. The van der Waals surface area contributed by atoms with Crippen LogP contribution in [0.2, 0.25) is 0 Å². The summed E-state index contributed by atoms with van der Waals surface area (Å²) in [7, 11) is 1.14. The largest absolute Gasteiger partial charge is 0.756 e. The molecule has 76 heavy (non-hydrogen) atoms. The summed E-state index contributed by atoms with van der Waals surface area (Å²) in [6.07, 6.45) is 77.5. The Morgan fingerprint density at radius 2 is 0.750 bits per heavy atom. The molecule has 10 heteroatoms. The molecule has 0 N–H and O–H groups in total. The maximum absolute atomic E-state index is 12.8. The van der Waals surface area contributed by atoms with Crippen molar-refractivity contribution in [2.45, 2.75) is 264 Å². The van der Waals surface area contributed by atoms with Crippen LogP contribution < -0.4 is 4.89 Å². The second kappa shape index (κ2) is 56.6. The number of quaternary nitrogens is 1. The predicted octanol–water partition coefficient (Wildman–Crippen LogP) is 19.0. The first-order chi connectivity index (χ1) is 37.0. The number of carbonyl (C=O) groups excluding carboxylic acids is 2. The Labute approximate surface area is 468 Å². The quantitative estimate of drug-likeness (QED) is 0.0195. The molecular formula is C66H116NO8P. The number of hydrogen-bond donors (Lipinski definition) is 0. The summed E-state index contributed by atoms with van der Waals surface area (Å²) < 4.78 is 34.2. The van der Waals surface area contributed by atoms with Crippen LogP contribution >= 0.6 is 7.82 Å². The van der Waals surface area contributed by atoms with Crippen LogP contribution in [0.25, 0.3) is 0 Å². The lowest BCUT2D eigenvalue weighted by Crippen LogP contribution is -2.37. The van der Waals surface area contributed by atoms with E-state index in [1.807, 2.05) is 21.1 Å². The third kappa shape index (κ3) is 60.2. The summed E-state index contributed by atoms with van der Waals surface area (Å²) in [6, 6.07) is 0. The molecule has 0 rings (SSSR count). The molecule has 0 saturated carbocycles. The Balaban J connectivity index is 4.20. The molecule has 0 saturated heterocycles. The van der Waals surface area contributed by atoms with Gasteiger partial charge < -0.3 is 27.9 Å². The summed E-state index contributed by atoms with van der Waals surface area (Å²) in [5, 5.41) is 0. The molecule has 2 atom stereocenters. The number of carbonyl (C=O) groups is 2. The normalized spacial score (nSPS) is 13.9. The lowest BCUT2D eigenvalue weighted by Gasteiger charge is -2.28. The molecule has 0 spiro atoms. The van der Waals surface area contributed by atoms with Gasteiger partial charge in [-0.2, -0.15) is 0 Å². The molecule has 438 valence electrons. The first-order valence-electron chi connectivity index (χ1n) is 30.9. The predicted molar refractivity (Wildman–Crippen MR) is 323 cm³/mol. The van der Waals surface area contributed by atoms with Crippen LogP contribution in [0.3, 0.4) is 0 Å². The maximum atomic E-state index is 12.8. The summed E-state index contributed by atoms with van der Waals surface area (Å²) in [5.74, 6) is -0.871. The van der Waals surface area contributed by atoms with E-state index in [0.717, 1.165) is 83.5 Å². The van der Waals surface area contributed by atoms with E-state index >= 15 is 0 Å². The van der Waals surface area contributed by atoms with E-state index in [1.54, 1.807) is 0 Å². The number of allylic oxidation sites excluding steroid dienone is 16. The summed E-state index contributed by atoms with van der Waals surface area (Å²) in [4.78, 5) is 37.9. The van der Waals surface area contributed by atoms with Crippen molar-refractivity contribution in [2.24, 2.45) is 0 Å². The monoisotopic (exact) mass is 1080 g/mol. The Morgan fingerprint density at radius 1 is 0.421 bits per heavy atom. The lowest BCUT2D eigenvalue weighted by atomic mass is 10.0. The van der Waals surface area contributed by atoms with Crippen molar-refractivity contribution in [1.82, 2.24) is 0 Å². The molecule has 0 bridgehead atoms. The summed E-state index contributed by atoms with van der Waals surface area (Å²) in [6.45, 7) is 4.10. The van der Waals surface area contributed by atoms with Gasteiger partial charge in [-0.05, 0) is 96.3 Å². The number of unbranched alkanes of at least 4 members (excludes halogenated alkanes) is 26. The molecular weight excluding hydrogens is 966 g/mol. The average Bonchev–Trinajstić information content (AvgIpc) is 3.38. The van der Waals surface area contributed by atoms with E-state index in [-0.39, 0.29) is 26.1 Å². The van der Waals surface area contributed by atoms with E-state index in [9.17, 15) is 19.0 Å². The number of phosphoric acid groups is 1. The average molecular weight is 1080 g/mol. The van der Waals surface area contributed by atoms with Gasteiger partial charge in [-0.1, -0.05) is 246 Å². The van der Waals surface area contributed by atoms with Gasteiger partial charge in [-0.25, -0.2) is 0 Å². The van der Waals surface area contributed by atoms with Crippen LogP contribution in [-0.2, 0) is 32.7 Å². The highest BCUT2D eigenvalue weighted by Gasteiger charge is 2.22. The molecule has 0 aromatic heterocycles. The van der Waals surface area contributed by atoms with E-state index in [2.05, 4.69) is 111 Å². The van der Waals surface area contributed by atoms with Crippen molar-refractivity contribution in [2.75, 3.05) is 47.5 Å². The van der Waals surface area contributed by atoms with Crippen molar-refractivity contribution in [3.63, 3.8) is 0 Å². The Morgan fingerprint density at radius 3 is 1.14 bits per heavy atom. The first kappa shape index (κ1) is 72.9. The molecule has 0 amide bonds. The highest BCUT2D eigenvalue weighted by molar-refractivity contribution is 7.45. The SMILES string of the molecule is CC/C=C\C/C=C\C/C=C\C/C=C\C/C=C\C/C=C\C/C=C\CCCCCC(=O)OC(COC(=O)CCCCCCCCCCCCCCCCC/C=C\CCCCCCCCCC)COP(=O)([O-])OCC[N+](C)(C)C. The molecule has 0 aromatic carbocycles. The zero-order valence-corrected chi connectivity index (χ0v) is 50.6. The zero-order valence-electron chi connectivity index (χ0n) is 49.7. The van der Waals surface area contributed by atoms with Gasteiger partial charge in [-0.3, -0.25) is 14.2 Å². The summed E-state index contributed by atoms with van der Waals surface area (Å²) in [5.41, 5.74) is 0.